The molecule has 0 fully saturated rings. The summed E-state index contributed by atoms with van der Waals surface area (Å²) in [4.78, 5) is 18.3. The molecule has 6 heteroatoms. The summed E-state index contributed by atoms with van der Waals surface area (Å²) in [5.74, 6) is 0.126. The number of aromatic nitrogens is 3. The maximum absolute atomic E-state index is 11.7. The third-order valence-electron chi connectivity index (χ3n) is 2.53. The van der Waals surface area contributed by atoms with E-state index in [9.17, 15) is 4.79 Å². The largest absolute Gasteiger partial charge is 0.369 e. The number of anilines is 1. The first-order valence-electron chi connectivity index (χ1n) is 5.14. The number of fused-ring (bicyclic) bond motifs is 1. The second kappa shape index (κ2) is 3.64. The minimum Gasteiger partial charge on any atom is -0.369 e. The molecule has 0 aliphatic carbocycles. The molecule has 0 saturated carbocycles. The third-order valence-corrected chi connectivity index (χ3v) is 2.53. The van der Waals surface area contributed by atoms with E-state index in [1.165, 1.54) is 0 Å². The van der Waals surface area contributed by atoms with Crippen LogP contribution in [0.1, 0.15) is 25.6 Å². The van der Waals surface area contributed by atoms with Crippen LogP contribution in [0.2, 0.25) is 0 Å². The highest BCUT2D eigenvalue weighted by Crippen LogP contribution is 2.20. The SMILES string of the molecule is CC(C)n1c(CN)cc2c(=O)[nH]c(N)nc21. The van der Waals surface area contributed by atoms with E-state index >= 15 is 0 Å². The molecule has 86 valence electrons. The van der Waals surface area contributed by atoms with Gasteiger partial charge in [-0.05, 0) is 19.9 Å². The quantitative estimate of drug-likeness (QED) is 0.680. The van der Waals surface area contributed by atoms with Gasteiger partial charge in [-0.3, -0.25) is 9.78 Å². The van der Waals surface area contributed by atoms with Crippen LogP contribution in [0.3, 0.4) is 0 Å². The summed E-state index contributed by atoms with van der Waals surface area (Å²) in [6.07, 6.45) is 0. The lowest BCUT2D eigenvalue weighted by Crippen LogP contribution is -2.13. The van der Waals surface area contributed by atoms with Gasteiger partial charge < -0.3 is 16.0 Å². The molecule has 0 saturated heterocycles. The molecule has 0 bridgehead atoms. The summed E-state index contributed by atoms with van der Waals surface area (Å²) in [5, 5.41) is 0.531. The summed E-state index contributed by atoms with van der Waals surface area (Å²) < 4.78 is 1.93. The summed E-state index contributed by atoms with van der Waals surface area (Å²) >= 11 is 0. The van der Waals surface area contributed by atoms with Crippen LogP contribution < -0.4 is 17.0 Å². The number of nitrogens with one attached hydrogen (secondary N) is 1. The molecule has 2 aromatic rings. The molecule has 2 heterocycles. The van der Waals surface area contributed by atoms with Crippen molar-refractivity contribution >= 4 is 17.0 Å². The van der Waals surface area contributed by atoms with Crippen molar-refractivity contribution < 1.29 is 0 Å². The minimum absolute atomic E-state index is 0.126. The summed E-state index contributed by atoms with van der Waals surface area (Å²) in [6, 6.07) is 1.95. The average molecular weight is 221 g/mol. The Kier molecular flexibility index (Phi) is 2.43. The van der Waals surface area contributed by atoms with Crippen molar-refractivity contribution in [3.8, 4) is 0 Å². The Morgan fingerprint density at radius 2 is 2.25 bits per heavy atom. The molecule has 0 radical (unpaired) electrons. The van der Waals surface area contributed by atoms with Crippen LogP contribution in [0, 0.1) is 0 Å². The Morgan fingerprint density at radius 3 is 2.81 bits per heavy atom. The number of nitrogens with two attached hydrogens (primary N) is 2. The molecule has 16 heavy (non-hydrogen) atoms. The predicted octanol–water partition coefficient (Wildman–Crippen LogP) is 0.346. The summed E-state index contributed by atoms with van der Waals surface area (Å²) in [7, 11) is 0. The second-order valence-corrected chi connectivity index (χ2v) is 3.99. The monoisotopic (exact) mass is 221 g/mol. The maximum atomic E-state index is 11.7. The first kappa shape index (κ1) is 10.7. The van der Waals surface area contributed by atoms with Crippen molar-refractivity contribution in [1.29, 1.82) is 0 Å². The van der Waals surface area contributed by atoms with Gasteiger partial charge in [0.15, 0.2) is 0 Å². The van der Waals surface area contributed by atoms with Crippen molar-refractivity contribution in [2.75, 3.05) is 5.73 Å². The molecule has 6 nitrogen and oxygen atoms in total. The number of rotatable bonds is 2. The Morgan fingerprint density at radius 1 is 1.56 bits per heavy atom. The molecule has 0 aromatic carbocycles. The first-order valence-corrected chi connectivity index (χ1v) is 5.14. The zero-order valence-corrected chi connectivity index (χ0v) is 9.32. The molecular weight excluding hydrogens is 206 g/mol. The zero-order chi connectivity index (χ0) is 11.9. The summed E-state index contributed by atoms with van der Waals surface area (Å²) in [6.45, 7) is 4.39. The van der Waals surface area contributed by atoms with Crippen LogP contribution in [0.15, 0.2) is 10.9 Å². The lowest BCUT2D eigenvalue weighted by atomic mass is 10.3. The molecule has 2 rings (SSSR count). The molecular formula is C10H15N5O. The number of nitrogen functional groups attached to an aromatic ring is 1. The van der Waals surface area contributed by atoms with Gasteiger partial charge in [0.2, 0.25) is 5.95 Å². The molecule has 5 N–H and O–H groups in total. The van der Waals surface area contributed by atoms with Gasteiger partial charge in [0.1, 0.15) is 5.65 Å². The van der Waals surface area contributed by atoms with E-state index in [-0.39, 0.29) is 17.5 Å². The third kappa shape index (κ3) is 1.47. The van der Waals surface area contributed by atoms with Crippen LogP contribution in [-0.2, 0) is 6.54 Å². The highest BCUT2D eigenvalue weighted by Gasteiger charge is 2.14. The second-order valence-electron chi connectivity index (χ2n) is 3.99. The Hall–Kier alpha value is -1.82. The van der Waals surface area contributed by atoms with Crippen LogP contribution in [0.4, 0.5) is 5.95 Å². The average Bonchev–Trinajstić information content (AvgIpc) is 2.56. The number of hydrogen-bond acceptors (Lipinski definition) is 4. The van der Waals surface area contributed by atoms with Crippen molar-refractivity contribution in [1.82, 2.24) is 14.5 Å². The van der Waals surface area contributed by atoms with Gasteiger partial charge in [0.25, 0.3) is 5.56 Å². The molecule has 0 spiro atoms. The Balaban J connectivity index is 2.89. The van der Waals surface area contributed by atoms with Crippen molar-refractivity contribution in [3.05, 3.63) is 22.1 Å². The Bertz CT molecular complexity index is 581. The molecule has 0 unspecified atom stereocenters. The van der Waals surface area contributed by atoms with E-state index in [0.29, 0.717) is 17.6 Å². The van der Waals surface area contributed by atoms with Gasteiger partial charge >= 0.3 is 0 Å². The number of H-pyrrole nitrogens is 1. The van der Waals surface area contributed by atoms with Crippen LogP contribution in [0.5, 0.6) is 0 Å². The van der Waals surface area contributed by atoms with Gasteiger partial charge in [0, 0.05) is 18.3 Å². The minimum atomic E-state index is -0.225. The topological polar surface area (TPSA) is 103 Å². The zero-order valence-electron chi connectivity index (χ0n) is 9.32. The van der Waals surface area contributed by atoms with Crippen LogP contribution in [-0.4, -0.2) is 14.5 Å². The van der Waals surface area contributed by atoms with E-state index in [2.05, 4.69) is 9.97 Å². The van der Waals surface area contributed by atoms with E-state index in [1.807, 2.05) is 18.4 Å². The van der Waals surface area contributed by atoms with Gasteiger partial charge in [0.05, 0.1) is 5.39 Å². The van der Waals surface area contributed by atoms with Gasteiger partial charge in [-0.25, -0.2) is 0 Å². The standard InChI is InChI=1S/C10H15N5O/c1-5(2)15-6(4-11)3-7-8(15)13-10(12)14-9(7)16/h3,5H,4,11H2,1-2H3,(H3,12,13,14,16). The van der Waals surface area contributed by atoms with E-state index < -0.39 is 0 Å². The lowest BCUT2D eigenvalue weighted by molar-refractivity contribution is 0.590. The lowest BCUT2D eigenvalue weighted by Gasteiger charge is -2.12. The highest BCUT2D eigenvalue weighted by molar-refractivity contribution is 5.77. The molecule has 0 aliphatic rings. The van der Waals surface area contributed by atoms with Crippen LogP contribution in [0.25, 0.3) is 11.0 Å². The molecule has 0 aliphatic heterocycles. The maximum Gasteiger partial charge on any atom is 0.261 e. The van der Waals surface area contributed by atoms with Crippen molar-refractivity contribution in [2.24, 2.45) is 5.73 Å². The fourth-order valence-electron chi connectivity index (χ4n) is 1.91. The first-order chi connectivity index (χ1) is 7.54. The smallest absolute Gasteiger partial charge is 0.261 e. The van der Waals surface area contributed by atoms with Crippen molar-refractivity contribution in [2.45, 2.75) is 26.4 Å². The van der Waals surface area contributed by atoms with Gasteiger partial charge in [-0.2, -0.15) is 4.98 Å². The molecule has 2 aromatic heterocycles. The van der Waals surface area contributed by atoms with Crippen LogP contribution >= 0.6 is 0 Å². The summed E-state index contributed by atoms with van der Waals surface area (Å²) in [5.41, 5.74) is 12.4. The number of hydrogen-bond donors (Lipinski definition) is 3. The van der Waals surface area contributed by atoms with Gasteiger partial charge in [-0.15, -0.1) is 0 Å². The Labute approximate surface area is 92.3 Å². The number of aromatic amines is 1. The number of nitrogens with zero attached hydrogens (tertiary/aromatic N) is 2. The normalized spacial score (nSPS) is 11.5. The predicted molar refractivity (Wildman–Crippen MR) is 63.0 cm³/mol. The molecule has 0 amide bonds. The van der Waals surface area contributed by atoms with Gasteiger partial charge in [-0.1, -0.05) is 0 Å². The highest BCUT2D eigenvalue weighted by atomic mass is 16.1. The van der Waals surface area contributed by atoms with E-state index in [4.69, 9.17) is 11.5 Å². The van der Waals surface area contributed by atoms with E-state index in [0.717, 1.165) is 5.69 Å². The fraction of sp³-hybridized carbons (Fsp3) is 0.400. The molecule has 0 atom stereocenters. The van der Waals surface area contributed by atoms with E-state index in [1.54, 1.807) is 6.07 Å². The fourth-order valence-corrected chi connectivity index (χ4v) is 1.91. The van der Waals surface area contributed by atoms with Crippen molar-refractivity contribution in [3.63, 3.8) is 0 Å².